The van der Waals surface area contributed by atoms with Gasteiger partial charge in [-0.3, -0.25) is 0 Å². The fourth-order valence-corrected chi connectivity index (χ4v) is 5.45. The van der Waals surface area contributed by atoms with Crippen molar-refractivity contribution in [2.45, 2.75) is 83.0 Å². The molecule has 0 N–H and O–H groups in total. The van der Waals surface area contributed by atoms with E-state index in [2.05, 4.69) is 0 Å². The van der Waals surface area contributed by atoms with Crippen LogP contribution in [0.5, 0.6) is 0 Å². The molecule has 0 atom stereocenters. The van der Waals surface area contributed by atoms with E-state index in [4.69, 9.17) is 5.26 Å². The Bertz CT molecular complexity index is 791. The first-order chi connectivity index (χ1) is 15.0. The number of nitriles is 1. The highest BCUT2D eigenvalue weighted by Crippen LogP contribution is 2.40. The van der Waals surface area contributed by atoms with Gasteiger partial charge in [-0.2, -0.15) is 9.65 Å². The smallest absolute Gasteiger partial charge is 0.199 e. The van der Waals surface area contributed by atoms with Crippen LogP contribution in [0.2, 0.25) is 0 Å². The van der Waals surface area contributed by atoms with Crippen molar-refractivity contribution in [3.63, 3.8) is 0 Å². The third-order valence-electron chi connectivity index (χ3n) is 7.44. The first kappa shape index (κ1) is 23.6. The molecule has 2 aliphatic carbocycles. The van der Waals surface area contributed by atoms with Gasteiger partial charge in [0.25, 0.3) is 0 Å². The molecule has 0 aromatic heterocycles. The van der Waals surface area contributed by atoms with Crippen molar-refractivity contribution in [3.8, 4) is 6.07 Å². The van der Waals surface area contributed by atoms with Crippen LogP contribution in [0.15, 0.2) is 42.3 Å². The minimum atomic E-state index is -0.758. The second-order valence-electron chi connectivity index (χ2n) is 9.49. The van der Waals surface area contributed by atoms with Crippen molar-refractivity contribution in [1.82, 2.24) is 0 Å². The van der Waals surface area contributed by atoms with Gasteiger partial charge in [0.05, 0.1) is 0 Å². The molecule has 4 heteroatoms. The van der Waals surface area contributed by atoms with Gasteiger partial charge in [-0.25, -0.2) is 8.78 Å². The van der Waals surface area contributed by atoms with Crippen LogP contribution in [0.3, 0.4) is 0 Å². The Labute approximate surface area is 185 Å². The maximum atomic E-state index is 13.5. The minimum absolute atomic E-state index is 0.378. The number of rotatable bonds is 8. The Morgan fingerprint density at radius 2 is 1.45 bits per heavy atom. The molecule has 0 unspecified atom stereocenters. The molecule has 2 saturated carbocycles. The lowest BCUT2D eigenvalue weighted by Crippen LogP contribution is -2.18. The van der Waals surface area contributed by atoms with Gasteiger partial charge in [0, 0.05) is 0 Å². The van der Waals surface area contributed by atoms with Crippen molar-refractivity contribution >= 4 is 0 Å². The molecule has 3 rings (SSSR count). The number of allylic oxidation sites excluding steroid dienone is 4. The van der Waals surface area contributed by atoms with Crippen LogP contribution >= 0.6 is 0 Å². The molecular weight excluding hydrogens is 395 g/mol. The molecule has 0 amide bonds. The molecule has 0 spiro atoms. The Morgan fingerprint density at radius 1 is 0.871 bits per heavy atom. The number of nitrogens with zero attached hydrogens (tertiary/aromatic N) is 1. The van der Waals surface area contributed by atoms with Crippen molar-refractivity contribution in [2.24, 2.45) is 17.8 Å². The van der Waals surface area contributed by atoms with Crippen LogP contribution in [0.25, 0.3) is 0 Å². The molecule has 0 heterocycles. The van der Waals surface area contributed by atoms with Gasteiger partial charge in [-0.15, -0.1) is 0 Å². The molecule has 0 radical (unpaired) electrons. The number of benzene rings is 1. The van der Waals surface area contributed by atoms with Crippen LogP contribution in [0.4, 0.5) is 13.2 Å². The molecule has 0 aliphatic heterocycles. The summed E-state index contributed by atoms with van der Waals surface area (Å²) >= 11 is 0. The zero-order chi connectivity index (χ0) is 22.1. The van der Waals surface area contributed by atoms with Gasteiger partial charge in [0.2, 0.25) is 0 Å². The van der Waals surface area contributed by atoms with Gasteiger partial charge in [-0.1, -0.05) is 56.7 Å². The van der Waals surface area contributed by atoms with E-state index in [1.807, 2.05) is 6.08 Å². The first-order valence-electron chi connectivity index (χ1n) is 11.9. The topological polar surface area (TPSA) is 23.8 Å². The Hall–Kier alpha value is -2.02. The monoisotopic (exact) mass is 429 g/mol. The second-order valence-corrected chi connectivity index (χ2v) is 9.49. The van der Waals surface area contributed by atoms with Crippen molar-refractivity contribution in [2.75, 3.05) is 0 Å². The molecular formula is C27H34F3N. The first-order valence-corrected chi connectivity index (χ1v) is 11.9. The third-order valence-corrected chi connectivity index (χ3v) is 7.44. The summed E-state index contributed by atoms with van der Waals surface area (Å²) in [5, 5.41) is 8.37. The quantitative estimate of drug-likeness (QED) is 0.300. The van der Waals surface area contributed by atoms with Crippen molar-refractivity contribution in [3.05, 3.63) is 59.5 Å². The van der Waals surface area contributed by atoms with E-state index >= 15 is 0 Å². The lowest BCUT2D eigenvalue weighted by molar-refractivity contribution is 0.225. The Kier molecular flexibility index (Phi) is 9.25. The third kappa shape index (κ3) is 7.56. The largest absolute Gasteiger partial charge is 0.204 e. The average molecular weight is 430 g/mol. The van der Waals surface area contributed by atoms with E-state index in [0.717, 1.165) is 49.0 Å². The fourth-order valence-electron chi connectivity index (χ4n) is 5.45. The average Bonchev–Trinajstić information content (AvgIpc) is 2.80. The normalized spacial score (nSPS) is 27.4. The fraction of sp³-hybridized carbons (Fsp3) is 0.593. The van der Waals surface area contributed by atoms with Gasteiger partial charge in [0.15, 0.2) is 17.5 Å². The van der Waals surface area contributed by atoms with Crippen molar-refractivity contribution in [1.29, 1.82) is 5.26 Å². The highest BCUT2D eigenvalue weighted by atomic mass is 19.2. The van der Waals surface area contributed by atoms with Crippen LogP contribution < -0.4 is 0 Å². The van der Waals surface area contributed by atoms with Gasteiger partial charge in [0.1, 0.15) is 6.07 Å². The highest BCUT2D eigenvalue weighted by Gasteiger charge is 2.25. The minimum Gasteiger partial charge on any atom is -0.204 e. The Balaban J connectivity index is 1.29. The summed E-state index contributed by atoms with van der Waals surface area (Å²) in [4.78, 5) is 0. The Morgan fingerprint density at radius 3 is 2.03 bits per heavy atom. The van der Waals surface area contributed by atoms with E-state index in [-0.39, 0.29) is 0 Å². The number of hydrogen-bond acceptors (Lipinski definition) is 1. The maximum absolute atomic E-state index is 13.5. The summed E-state index contributed by atoms with van der Waals surface area (Å²) in [6.07, 6.45) is 19.4. The molecule has 2 fully saturated rings. The highest BCUT2D eigenvalue weighted by molar-refractivity contribution is 5.22. The van der Waals surface area contributed by atoms with Gasteiger partial charge >= 0.3 is 0 Å². The molecule has 168 valence electrons. The maximum Gasteiger partial charge on any atom is 0.199 e. The molecule has 0 bridgehead atoms. The van der Waals surface area contributed by atoms with Crippen LogP contribution in [-0.2, 0) is 0 Å². The SMILES string of the molecule is N#CC(F)=CC=CCCC1CCC(CCC2CCC(c3ccc(F)c(F)c3)CC2)CC1. The predicted molar refractivity (Wildman–Crippen MR) is 119 cm³/mol. The molecule has 1 aromatic rings. The molecule has 0 saturated heterocycles. The number of hydrogen-bond donors (Lipinski definition) is 0. The zero-order valence-electron chi connectivity index (χ0n) is 18.3. The van der Waals surface area contributed by atoms with Crippen LogP contribution in [-0.4, -0.2) is 0 Å². The number of halogens is 3. The lowest BCUT2D eigenvalue weighted by Gasteiger charge is -2.32. The standard InChI is InChI=1S/C27H34F3N/c28-25(19-31)5-3-1-2-4-20-6-8-21(9-7-20)10-11-22-12-14-23(15-13-22)24-16-17-26(29)27(30)18-24/h1,3,5,16-18,20-23H,2,4,6-15H2. The summed E-state index contributed by atoms with van der Waals surface area (Å²) in [6.45, 7) is 0. The molecule has 2 aliphatic rings. The summed E-state index contributed by atoms with van der Waals surface area (Å²) in [6, 6.07) is 5.87. The van der Waals surface area contributed by atoms with E-state index in [0.29, 0.717) is 5.92 Å². The van der Waals surface area contributed by atoms with E-state index in [1.165, 1.54) is 75.6 Å². The van der Waals surface area contributed by atoms with Crippen molar-refractivity contribution < 1.29 is 13.2 Å². The predicted octanol–water partition coefficient (Wildman–Crippen LogP) is 8.54. The second kappa shape index (κ2) is 12.1. The zero-order valence-corrected chi connectivity index (χ0v) is 18.3. The van der Waals surface area contributed by atoms with Crippen LogP contribution in [0, 0.1) is 40.7 Å². The molecule has 1 aromatic carbocycles. The van der Waals surface area contributed by atoms with Gasteiger partial charge in [-0.05, 0) is 86.0 Å². The van der Waals surface area contributed by atoms with E-state index in [9.17, 15) is 13.2 Å². The van der Waals surface area contributed by atoms with E-state index in [1.54, 1.807) is 12.1 Å². The lowest BCUT2D eigenvalue weighted by atomic mass is 9.74. The molecule has 1 nitrogen and oxygen atoms in total. The van der Waals surface area contributed by atoms with Crippen LogP contribution in [0.1, 0.15) is 88.5 Å². The summed E-state index contributed by atoms with van der Waals surface area (Å²) in [7, 11) is 0. The van der Waals surface area contributed by atoms with Gasteiger partial charge < -0.3 is 0 Å². The summed E-state index contributed by atoms with van der Waals surface area (Å²) < 4.78 is 39.4. The summed E-state index contributed by atoms with van der Waals surface area (Å²) in [5.74, 6) is 0.562. The van der Waals surface area contributed by atoms with E-state index < -0.39 is 17.5 Å². The summed E-state index contributed by atoms with van der Waals surface area (Å²) in [5.41, 5.74) is 0.955. The molecule has 31 heavy (non-hydrogen) atoms.